The summed E-state index contributed by atoms with van der Waals surface area (Å²) >= 11 is 0. The van der Waals surface area contributed by atoms with E-state index < -0.39 is 15.2 Å². The van der Waals surface area contributed by atoms with Crippen LogP contribution in [0, 0.1) is 23.2 Å². The normalized spacial score (nSPS) is 11.2. The van der Waals surface area contributed by atoms with E-state index in [1.807, 2.05) is 0 Å². The van der Waals surface area contributed by atoms with Crippen LogP contribution in [0.1, 0.15) is 38.8 Å². The van der Waals surface area contributed by atoms with Crippen molar-refractivity contribution >= 4 is 15.2 Å². The average molecular weight is 398 g/mol. The SMILES string of the molecule is CCOP(=O)(C#Cc1ccc(C#CP(=O)(OCC)OCC)cc1)OCC. The van der Waals surface area contributed by atoms with Crippen LogP contribution in [0.4, 0.5) is 0 Å². The summed E-state index contributed by atoms with van der Waals surface area (Å²) in [6.45, 7) is 7.91. The van der Waals surface area contributed by atoms with E-state index in [1.165, 1.54) is 0 Å². The van der Waals surface area contributed by atoms with E-state index in [9.17, 15) is 9.13 Å². The fourth-order valence-corrected chi connectivity index (χ4v) is 4.09. The van der Waals surface area contributed by atoms with Crippen molar-refractivity contribution in [3.8, 4) is 23.2 Å². The van der Waals surface area contributed by atoms with Gasteiger partial charge in [-0.15, -0.1) is 0 Å². The molecule has 0 saturated carbocycles. The monoisotopic (exact) mass is 398 g/mol. The van der Waals surface area contributed by atoms with Gasteiger partial charge in [-0.2, -0.15) is 0 Å². The molecule has 0 aliphatic rings. The first-order valence-corrected chi connectivity index (χ1v) is 11.4. The van der Waals surface area contributed by atoms with E-state index in [4.69, 9.17) is 18.1 Å². The van der Waals surface area contributed by atoms with Crippen LogP contribution in [0.25, 0.3) is 0 Å². The molecule has 0 amide bonds. The maximum Gasteiger partial charge on any atom is 0.405 e. The molecule has 0 fully saturated rings. The topological polar surface area (TPSA) is 71.1 Å². The summed E-state index contributed by atoms with van der Waals surface area (Å²) in [5.41, 5.74) is 6.39. The molecule has 1 rings (SSSR count). The van der Waals surface area contributed by atoms with E-state index in [0.29, 0.717) is 11.1 Å². The number of benzene rings is 1. The molecule has 0 spiro atoms. The predicted octanol–water partition coefficient (Wildman–Crippen LogP) is 4.84. The van der Waals surface area contributed by atoms with E-state index in [2.05, 4.69) is 23.2 Å². The van der Waals surface area contributed by atoms with Crippen molar-refractivity contribution in [1.82, 2.24) is 0 Å². The fourth-order valence-electron chi connectivity index (χ4n) is 1.79. The smallest absolute Gasteiger partial charge is 0.300 e. The summed E-state index contributed by atoms with van der Waals surface area (Å²) in [6, 6.07) is 6.86. The van der Waals surface area contributed by atoms with Gasteiger partial charge in [-0.3, -0.25) is 18.1 Å². The van der Waals surface area contributed by atoms with Crippen molar-refractivity contribution in [2.75, 3.05) is 26.4 Å². The highest BCUT2D eigenvalue weighted by Gasteiger charge is 2.20. The fraction of sp³-hybridized carbons (Fsp3) is 0.444. The van der Waals surface area contributed by atoms with Crippen LogP contribution in [0.3, 0.4) is 0 Å². The molecular weight excluding hydrogens is 374 g/mol. The lowest BCUT2D eigenvalue weighted by atomic mass is 10.1. The lowest BCUT2D eigenvalue weighted by molar-refractivity contribution is 0.229. The first-order valence-electron chi connectivity index (χ1n) is 8.35. The van der Waals surface area contributed by atoms with Crippen LogP contribution in [0.5, 0.6) is 0 Å². The summed E-state index contributed by atoms with van der Waals surface area (Å²) in [7, 11) is -6.81. The van der Waals surface area contributed by atoms with Crippen LogP contribution in [-0.2, 0) is 27.2 Å². The molecule has 142 valence electrons. The zero-order valence-electron chi connectivity index (χ0n) is 15.5. The second-order valence-corrected chi connectivity index (χ2v) is 8.19. The Hall–Kier alpha value is -1.36. The molecule has 0 heterocycles. The lowest BCUT2D eigenvalue weighted by Crippen LogP contribution is -1.93. The molecule has 0 unspecified atom stereocenters. The highest BCUT2D eigenvalue weighted by molar-refractivity contribution is 7.59. The third-order valence-corrected chi connectivity index (χ3v) is 5.92. The van der Waals surface area contributed by atoms with Crippen LogP contribution < -0.4 is 0 Å². The van der Waals surface area contributed by atoms with Gasteiger partial charge in [0.25, 0.3) is 0 Å². The molecule has 26 heavy (non-hydrogen) atoms. The molecule has 0 atom stereocenters. The highest BCUT2D eigenvalue weighted by atomic mass is 31.2. The van der Waals surface area contributed by atoms with Crippen molar-refractivity contribution in [2.24, 2.45) is 0 Å². The Morgan fingerprint density at radius 3 is 1.15 bits per heavy atom. The number of rotatable bonds is 8. The first kappa shape index (κ1) is 22.7. The molecular formula is C18H24O6P2. The van der Waals surface area contributed by atoms with Crippen molar-refractivity contribution in [3.05, 3.63) is 35.4 Å². The molecule has 0 aliphatic heterocycles. The Labute approximate surface area is 155 Å². The Balaban J connectivity index is 2.94. The maximum absolute atomic E-state index is 12.3. The summed E-state index contributed by atoms with van der Waals surface area (Å²) in [5, 5.41) is 0. The second-order valence-electron chi connectivity index (χ2n) is 4.72. The van der Waals surface area contributed by atoms with E-state index in [0.717, 1.165) is 0 Å². The van der Waals surface area contributed by atoms with Gasteiger partial charge in [-0.1, -0.05) is 11.8 Å². The van der Waals surface area contributed by atoms with E-state index in [-0.39, 0.29) is 26.4 Å². The second kappa shape index (κ2) is 11.4. The standard InChI is InChI=1S/C18H24O6P2/c1-5-21-25(19,22-6-2)15-13-17-9-11-18(12-10-17)14-16-26(20,23-7-3)24-8-4/h9-12H,5-8H2,1-4H3. The minimum Gasteiger partial charge on any atom is -0.300 e. The number of hydrogen-bond acceptors (Lipinski definition) is 6. The summed E-state index contributed by atoms with van der Waals surface area (Å²) in [6.07, 6.45) is 0. The minimum absolute atomic E-state index is 0.250. The largest absolute Gasteiger partial charge is 0.405 e. The summed E-state index contributed by atoms with van der Waals surface area (Å²) < 4.78 is 45.0. The summed E-state index contributed by atoms with van der Waals surface area (Å²) in [4.78, 5) is 0. The van der Waals surface area contributed by atoms with Gasteiger partial charge in [0, 0.05) is 22.4 Å². The predicted molar refractivity (Wildman–Crippen MR) is 102 cm³/mol. The van der Waals surface area contributed by atoms with Crippen molar-refractivity contribution in [2.45, 2.75) is 27.7 Å². The Morgan fingerprint density at radius 2 is 0.923 bits per heavy atom. The zero-order chi connectivity index (χ0) is 19.5. The van der Waals surface area contributed by atoms with E-state index in [1.54, 1.807) is 52.0 Å². The van der Waals surface area contributed by atoms with Crippen LogP contribution in [-0.4, -0.2) is 26.4 Å². The zero-order valence-corrected chi connectivity index (χ0v) is 17.3. The van der Waals surface area contributed by atoms with Gasteiger partial charge in [-0.25, -0.2) is 9.13 Å². The van der Waals surface area contributed by atoms with Crippen molar-refractivity contribution in [3.63, 3.8) is 0 Å². The van der Waals surface area contributed by atoms with Crippen LogP contribution >= 0.6 is 15.2 Å². The third-order valence-electron chi connectivity index (χ3n) is 2.76. The van der Waals surface area contributed by atoms with Gasteiger partial charge in [0.15, 0.2) is 0 Å². The Kier molecular flexibility index (Phi) is 9.92. The van der Waals surface area contributed by atoms with Gasteiger partial charge in [0.1, 0.15) is 0 Å². The minimum atomic E-state index is -3.41. The highest BCUT2D eigenvalue weighted by Crippen LogP contribution is 2.47. The van der Waals surface area contributed by atoms with Crippen molar-refractivity contribution < 1.29 is 27.2 Å². The molecule has 0 aromatic heterocycles. The van der Waals surface area contributed by atoms with E-state index >= 15 is 0 Å². The molecule has 8 heteroatoms. The molecule has 0 radical (unpaired) electrons. The third kappa shape index (κ3) is 7.90. The molecule has 0 saturated heterocycles. The summed E-state index contributed by atoms with van der Waals surface area (Å²) in [5.74, 6) is 5.56. The van der Waals surface area contributed by atoms with Gasteiger partial charge < -0.3 is 0 Å². The van der Waals surface area contributed by atoms with Crippen LogP contribution in [0.2, 0.25) is 0 Å². The molecule has 6 nitrogen and oxygen atoms in total. The van der Waals surface area contributed by atoms with Gasteiger partial charge >= 0.3 is 15.2 Å². The average Bonchev–Trinajstić information content (AvgIpc) is 2.60. The van der Waals surface area contributed by atoms with Crippen LogP contribution in [0.15, 0.2) is 24.3 Å². The van der Waals surface area contributed by atoms with Crippen molar-refractivity contribution in [1.29, 1.82) is 0 Å². The Bertz CT molecular complexity index is 693. The van der Waals surface area contributed by atoms with Gasteiger partial charge in [0.2, 0.25) is 0 Å². The first-order chi connectivity index (χ1) is 12.4. The molecule has 0 N–H and O–H groups in total. The quantitative estimate of drug-likeness (QED) is 0.461. The van der Waals surface area contributed by atoms with Gasteiger partial charge in [-0.05, 0) is 52.0 Å². The molecule has 1 aromatic rings. The molecule has 0 aliphatic carbocycles. The lowest BCUT2D eigenvalue weighted by Gasteiger charge is -2.09. The Morgan fingerprint density at radius 1 is 0.654 bits per heavy atom. The molecule has 1 aromatic carbocycles. The maximum atomic E-state index is 12.3. The molecule has 0 bridgehead atoms. The number of hydrogen-bond donors (Lipinski definition) is 0. The van der Waals surface area contributed by atoms with Gasteiger partial charge in [0.05, 0.1) is 26.4 Å².